The third-order valence-corrected chi connectivity index (χ3v) is 2.95. The molecule has 1 atom stereocenters. The second-order valence-electron chi connectivity index (χ2n) is 4.28. The van der Waals surface area contributed by atoms with E-state index in [0.717, 1.165) is 19.6 Å². The van der Waals surface area contributed by atoms with Crippen molar-refractivity contribution < 1.29 is 0 Å². The van der Waals surface area contributed by atoms with E-state index >= 15 is 0 Å². The van der Waals surface area contributed by atoms with Crippen LogP contribution in [0.4, 0.5) is 0 Å². The van der Waals surface area contributed by atoms with E-state index in [-0.39, 0.29) is 0 Å². The molecule has 1 saturated heterocycles. The molecule has 1 fully saturated rings. The zero-order valence-corrected chi connectivity index (χ0v) is 9.93. The Morgan fingerprint density at radius 3 is 3.00 bits per heavy atom. The van der Waals surface area contributed by atoms with Gasteiger partial charge >= 0.3 is 0 Å². The topological polar surface area (TPSA) is 15.3 Å². The van der Waals surface area contributed by atoms with Crippen molar-refractivity contribution in [2.24, 2.45) is 5.92 Å². The van der Waals surface area contributed by atoms with Crippen LogP contribution in [-0.2, 0) is 0 Å². The van der Waals surface area contributed by atoms with Crippen LogP contribution in [0.25, 0.3) is 0 Å². The maximum Gasteiger partial charge on any atom is 0.0218 e. The molecule has 1 rings (SSSR count). The highest BCUT2D eigenvalue weighted by molar-refractivity contribution is 6.25. The van der Waals surface area contributed by atoms with Crippen molar-refractivity contribution in [2.75, 3.05) is 26.2 Å². The fourth-order valence-corrected chi connectivity index (χ4v) is 1.91. The van der Waals surface area contributed by atoms with Gasteiger partial charge in [-0.25, -0.2) is 0 Å². The Morgan fingerprint density at radius 1 is 1.57 bits per heavy atom. The number of halogens is 1. The molecule has 0 bridgehead atoms. The van der Waals surface area contributed by atoms with Crippen LogP contribution in [0.2, 0.25) is 0 Å². The van der Waals surface area contributed by atoms with Gasteiger partial charge in [0.1, 0.15) is 0 Å². The molecule has 2 nitrogen and oxygen atoms in total. The molecule has 0 aromatic heterocycles. The number of nitrogens with one attached hydrogen (secondary N) is 1. The third-order valence-electron chi connectivity index (χ3n) is 2.77. The van der Waals surface area contributed by atoms with Crippen molar-refractivity contribution in [3.05, 3.63) is 11.6 Å². The molecule has 1 unspecified atom stereocenters. The lowest BCUT2D eigenvalue weighted by Gasteiger charge is -2.25. The van der Waals surface area contributed by atoms with E-state index in [4.69, 9.17) is 11.6 Å². The number of hydrogen-bond donors (Lipinski definition) is 1. The van der Waals surface area contributed by atoms with E-state index in [1.165, 1.54) is 13.0 Å². The zero-order chi connectivity index (χ0) is 10.4. The van der Waals surface area contributed by atoms with Gasteiger partial charge in [0, 0.05) is 24.7 Å². The minimum atomic E-state index is 0.626. The molecule has 1 heterocycles. The zero-order valence-electron chi connectivity index (χ0n) is 9.17. The molecular formula is C11H21ClN2. The molecule has 14 heavy (non-hydrogen) atoms. The van der Waals surface area contributed by atoms with Gasteiger partial charge < -0.3 is 5.32 Å². The van der Waals surface area contributed by atoms with E-state index in [0.29, 0.717) is 12.0 Å². The molecule has 1 aliphatic heterocycles. The number of nitrogens with zero attached hydrogens (tertiary/aromatic N) is 1. The predicted octanol–water partition coefficient (Wildman–Crippen LogP) is 2.06. The quantitative estimate of drug-likeness (QED) is 0.777. The maximum absolute atomic E-state index is 5.54. The molecule has 3 heteroatoms. The van der Waals surface area contributed by atoms with Crippen molar-refractivity contribution in [1.29, 1.82) is 0 Å². The summed E-state index contributed by atoms with van der Waals surface area (Å²) in [5.74, 6) is 0.704. The summed E-state index contributed by atoms with van der Waals surface area (Å²) < 4.78 is 0. The lowest BCUT2D eigenvalue weighted by molar-refractivity contribution is 0.267. The van der Waals surface area contributed by atoms with Crippen LogP contribution < -0.4 is 5.32 Å². The first kappa shape index (κ1) is 12.0. The highest BCUT2D eigenvalue weighted by atomic mass is 35.5. The molecule has 1 aliphatic rings. The minimum absolute atomic E-state index is 0.626. The van der Waals surface area contributed by atoms with Crippen LogP contribution in [-0.4, -0.2) is 37.1 Å². The van der Waals surface area contributed by atoms with Crippen LogP contribution in [0.3, 0.4) is 0 Å². The summed E-state index contributed by atoms with van der Waals surface area (Å²) in [6, 6.07) is 0.626. The van der Waals surface area contributed by atoms with Crippen molar-refractivity contribution in [3.63, 3.8) is 0 Å². The Labute approximate surface area is 92.3 Å². The van der Waals surface area contributed by atoms with Gasteiger partial charge in [0.2, 0.25) is 0 Å². The smallest absolute Gasteiger partial charge is 0.0218 e. The Kier molecular flexibility index (Phi) is 5.53. The van der Waals surface area contributed by atoms with Gasteiger partial charge in [-0.2, -0.15) is 0 Å². The average Bonchev–Trinajstić information content (AvgIpc) is 2.39. The van der Waals surface area contributed by atoms with E-state index in [9.17, 15) is 0 Å². The maximum atomic E-state index is 5.54. The lowest BCUT2D eigenvalue weighted by Crippen LogP contribution is -2.41. The summed E-state index contributed by atoms with van der Waals surface area (Å²) in [5.41, 5.74) is 1.61. The molecule has 0 spiro atoms. The van der Waals surface area contributed by atoms with Gasteiger partial charge in [-0.3, -0.25) is 4.90 Å². The lowest BCUT2D eigenvalue weighted by atomic mass is 10.0. The summed E-state index contributed by atoms with van der Waals surface area (Å²) in [7, 11) is 0. The molecular weight excluding hydrogens is 196 g/mol. The fraction of sp³-hybridized carbons (Fsp3) is 0.818. The molecule has 0 radical (unpaired) electrons. The summed E-state index contributed by atoms with van der Waals surface area (Å²) in [6.45, 7) is 8.99. The van der Waals surface area contributed by atoms with Gasteiger partial charge in [0.25, 0.3) is 0 Å². The van der Waals surface area contributed by atoms with Crippen LogP contribution in [0.1, 0.15) is 20.3 Å². The fourth-order valence-electron chi connectivity index (χ4n) is 1.83. The number of hydrogen-bond acceptors (Lipinski definition) is 2. The van der Waals surface area contributed by atoms with Crippen LogP contribution in [0, 0.1) is 5.92 Å². The standard InChI is InChI=1S/C11H21ClN2/c1-10(2)11-9-14(7-3-5-12)8-4-6-13-11/h3,5,10-11,13H,4,6-9H2,1-2H3/b5-3+. The van der Waals surface area contributed by atoms with Gasteiger partial charge in [-0.15, -0.1) is 0 Å². The molecule has 0 aromatic rings. The van der Waals surface area contributed by atoms with Crippen LogP contribution >= 0.6 is 11.6 Å². The van der Waals surface area contributed by atoms with E-state index < -0.39 is 0 Å². The first-order chi connectivity index (χ1) is 6.74. The molecule has 0 aliphatic carbocycles. The summed E-state index contributed by atoms with van der Waals surface area (Å²) >= 11 is 5.54. The summed E-state index contributed by atoms with van der Waals surface area (Å²) in [4.78, 5) is 2.46. The summed E-state index contributed by atoms with van der Waals surface area (Å²) in [5, 5.41) is 3.59. The third kappa shape index (κ3) is 3.99. The van der Waals surface area contributed by atoms with Gasteiger partial charge in [0.15, 0.2) is 0 Å². The van der Waals surface area contributed by atoms with Crippen LogP contribution in [0.5, 0.6) is 0 Å². The highest BCUT2D eigenvalue weighted by Gasteiger charge is 2.18. The van der Waals surface area contributed by atoms with E-state index in [2.05, 4.69) is 24.1 Å². The molecule has 0 aromatic carbocycles. The second-order valence-corrected chi connectivity index (χ2v) is 4.53. The SMILES string of the molecule is CC(C)C1CN(C/C=C/Cl)CCCN1. The minimum Gasteiger partial charge on any atom is -0.312 e. The van der Waals surface area contributed by atoms with Gasteiger partial charge in [0.05, 0.1) is 0 Å². The summed E-state index contributed by atoms with van der Waals surface area (Å²) in [6.07, 6.45) is 3.25. The molecule has 0 saturated carbocycles. The van der Waals surface area contributed by atoms with Gasteiger partial charge in [-0.1, -0.05) is 31.5 Å². The Hall–Kier alpha value is -0.0500. The Balaban J connectivity index is 2.42. The van der Waals surface area contributed by atoms with Crippen molar-refractivity contribution >= 4 is 11.6 Å². The van der Waals surface area contributed by atoms with Crippen molar-refractivity contribution in [3.8, 4) is 0 Å². The molecule has 1 N–H and O–H groups in total. The van der Waals surface area contributed by atoms with E-state index in [1.807, 2.05) is 6.08 Å². The Morgan fingerprint density at radius 2 is 2.36 bits per heavy atom. The van der Waals surface area contributed by atoms with E-state index in [1.54, 1.807) is 5.54 Å². The van der Waals surface area contributed by atoms with Crippen LogP contribution in [0.15, 0.2) is 11.6 Å². The number of rotatable bonds is 3. The first-order valence-electron chi connectivity index (χ1n) is 5.45. The molecule has 0 amide bonds. The second kappa shape index (κ2) is 6.44. The predicted molar refractivity (Wildman–Crippen MR) is 62.7 cm³/mol. The Bertz CT molecular complexity index is 180. The molecule has 82 valence electrons. The van der Waals surface area contributed by atoms with Crippen molar-refractivity contribution in [2.45, 2.75) is 26.3 Å². The largest absolute Gasteiger partial charge is 0.312 e. The monoisotopic (exact) mass is 216 g/mol. The first-order valence-corrected chi connectivity index (χ1v) is 5.88. The average molecular weight is 217 g/mol. The highest BCUT2D eigenvalue weighted by Crippen LogP contribution is 2.08. The van der Waals surface area contributed by atoms with Crippen molar-refractivity contribution in [1.82, 2.24) is 10.2 Å². The normalized spacial score (nSPS) is 25.9. The van der Waals surface area contributed by atoms with Gasteiger partial charge in [-0.05, 0) is 25.4 Å².